The van der Waals surface area contributed by atoms with Gasteiger partial charge >= 0.3 is 45.2 Å². The van der Waals surface area contributed by atoms with Gasteiger partial charge in [-0.1, -0.05) is 13.8 Å². The van der Waals surface area contributed by atoms with Crippen molar-refractivity contribution < 1.29 is 68.7 Å². The highest BCUT2D eigenvalue weighted by Crippen LogP contribution is 2.59. The van der Waals surface area contributed by atoms with Gasteiger partial charge in [0.15, 0.2) is 0 Å². The molecule has 11 nitrogen and oxygen atoms in total. The first kappa shape index (κ1) is 31.4. The van der Waals surface area contributed by atoms with Crippen LogP contribution in [0.5, 0.6) is 0 Å². The lowest BCUT2D eigenvalue weighted by molar-refractivity contribution is -0.179. The van der Waals surface area contributed by atoms with Gasteiger partial charge in [-0.2, -0.15) is 26.0 Å². The summed E-state index contributed by atoms with van der Waals surface area (Å²) < 4.78 is 104. The lowest BCUT2D eigenvalue weighted by atomic mass is 9.78. The quantitative estimate of drug-likeness (QED) is 0.149. The number of carbonyl (C=O) groups is 4. The van der Waals surface area contributed by atoms with Crippen LogP contribution in [0.25, 0.3) is 0 Å². The molecule has 0 amide bonds. The van der Waals surface area contributed by atoms with Crippen molar-refractivity contribution in [2.75, 3.05) is 6.61 Å². The summed E-state index contributed by atoms with van der Waals surface area (Å²) in [4.78, 5) is 50.4. The number of ether oxygens (including phenoxy) is 4. The Bertz CT molecular complexity index is 1180. The molecule has 232 valence electrons. The van der Waals surface area contributed by atoms with Crippen LogP contribution in [0.3, 0.4) is 0 Å². The molecule has 0 aromatic carbocycles. The van der Waals surface area contributed by atoms with Crippen LogP contribution in [0, 0.1) is 29.6 Å². The molecule has 1 N–H and O–H groups in total. The smallest absolute Gasteiger partial charge is 0.431 e. The van der Waals surface area contributed by atoms with E-state index in [4.69, 9.17) is 18.8 Å². The summed E-state index contributed by atoms with van der Waals surface area (Å²) in [6, 6.07) is 0. The van der Waals surface area contributed by atoms with Crippen LogP contribution >= 0.6 is 0 Å². The van der Waals surface area contributed by atoms with Gasteiger partial charge in [0.25, 0.3) is 0 Å². The molecule has 4 rings (SSSR count). The van der Waals surface area contributed by atoms with Crippen molar-refractivity contribution in [1.82, 2.24) is 0 Å². The molecule has 3 aliphatic carbocycles. The molecule has 0 aromatic rings. The second-order valence-corrected chi connectivity index (χ2v) is 12.9. The third-order valence-corrected chi connectivity index (χ3v) is 9.80. The standard InChI is InChI=1S/C25H32F4O11S/c1-12(2)23(7-3-4-8-23)40-22(33)18-14-11-13-17(18)21(32)39-20(13)19(14)38-16(31)6-5-15(30)37-10-9-24(26,27)25(28,29)41(34,35)36/h12-14,17-20H,3-11H2,1-2H3,(H,34,35,36). The van der Waals surface area contributed by atoms with E-state index in [2.05, 4.69) is 4.74 Å². The Morgan fingerprint density at radius 3 is 2.27 bits per heavy atom. The number of fused-ring (bicyclic) bond motifs is 1. The molecule has 16 heteroatoms. The molecular weight excluding hydrogens is 584 g/mol. The molecule has 6 atom stereocenters. The summed E-state index contributed by atoms with van der Waals surface area (Å²) >= 11 is 0. The van der Waals surface area contributed by atoms with Gasteiger partial charge in [0, 0.05) is 11.8 Å². The van der Waals surface area contributed by atoms with Gasteiger partial charge in [0.1, 0.15) is 17.8 Å². The van der Waals surface area contributed by atoms with Crippen molar-refractivity contribution in [3.8, 4) is 0 Å². The van der Waals surface area contributed by atoms with E-state index in [0.29, 0.717) is 19.3 Å². The number of rotatable bonds is 12. The Kier molecular flexibility index (Phi) is 8.41. The highest BCUT2D eigenvalue weighted by atomic mass is 32.2. The van der Waals surface area contributed by atoms with Crippen molar-refractivity contribution in [2.45, 2.75) is 94.2 Å². The summed E-state index contributed by atoms with van der Waals surface area (Å²) in [5, 5.41) is -5.80. The van der Waals surface area contributed by atoms with E-state index in [1.165, 1.54) is 0 Å². The van der Waals surface area contributed by atoms with Crippen LogP contribution < -0.4 is 0 Å². The average Bonchev–Trinajstić information content (AvgIpc) is 3.60. The summed E-state index contributed by atoms with van der Waals surface area (Å²) in [5.74, 6) is -10.8. The number of hydrogen-bond donors (Lipinski definition) is 1. The van der Waals surface area contributed by atoms with Crippen LogP contribution in [-0.4, -0.2) is 72.4 Å². The monoisotopic (exact) mass is 616 g/mol. The van der Waals surface area contributed by atoms with Crippen LogP contribution in [0.2, 0.25) is 0 Å². The lowest BCUT2D eigenvalue weighted by Gasteiger charge is -2.37. The van der Waals surface area contributed by atoms with Crippen molar-refractivity contribution in [1.29, 1.82) is 0 Å². The van der Waals surface area contributed by atoms with Gasteiger partial charge in [-0.15, -0.1) is 0 Å². The van der Waals surface area contributed by atoms with Crippen molar-refractivity contribution in [2.24, 2.45) is 29.6 Å². The summed E-state index contributed by atoms with van der Waals surface area (Å²) in [5.41, 5.74) is -0.625. The van der Waals surface area contributed by atoms with Gasteiger partial charge in [-0.3, -0.25) is 23.7 Å². The normalized spacial score (nSPS) is 30.4. The summed E-state index contributed by atoms with van der Waals surface area (Å²) in [7, 11) is -6.42. The molecule has 0 spiro atoms. The van der Waals surface area contributed by atoms with Crippen molar-refractivity contribution in [3.63, 3.8) is 0 Å². The zero-order chi connectivity index (χ0) is 30.5. The topological polar surface area (TPSA) is 160 Å². The molecular formula is C25H32F4O11S. The second-order valence-electron chi connectivity index (χ2n) is 11.5. The van der Waals surface area contributed by atoms with Gasteiger partial charge in [0.05, 0.1) is 37.7 Å². The fourth-order valence-corrected chi connectivity index (χ4v) is 7.10. The minimum Gasteiger partial charge on any atom is -0.465 e. The number of carbonyl (C=O) groups excluding carboxylic acids is 4. The Morgan fingerprint density at radius 2 is 1.68 bits per heavy atom. The van der Waals surface area contributed by atoms with Gasteiger partial charge < -0.3 is 18.9 Å². The predicted molar refractivity (Wildman–Crippen MR) is 127 cm³/mol. The zero-order valence-electron chi connectivity index (χ0n) is 22.4. The third-order valence-electron chi connectivity index (χ3n) is 8.85. The lowest BCUT2D eigenvalue weighted by Crippen LogP contribution is -2.47. The average molecular weight is 617 g/mol. The molecule has 41 heavy (non-hydrogen) atoms. The van der Waals surface area contributed by atoms with Crippen LogP contribution in [0.4, 0.5) is 17.6 Å². The first-order chi connectivity index (χ1) is 18.9. The SMILES string of the molecule is CC(C)C1(OC(=O)C2C3CC4C(OC(=O)C42)C3OC(=O)CCC(=O)OCCC(F)(F)C(F)(F)S(=O)(=O)O)CCCC1. The Labute approximate surface area is 233 Å². The summed E-state index contributed by atoms with van der Waals surface area (Å²) in [6.07, 6.45) is -1.25. The fourth-order valence-electron chi connectivity index (χ4n) is 6.62. The largest absolute Gasteiger partial charge is 0.465 e. The van der Waals surface area contributed by atoms with Gasteiger partial charge in [-0.25, -0.2) is 0 Å². The molecule has 1 heterocycles. The zero-order valence-corrected chi connectivity index (χ0v) is 23.2. The molecule has 4 aliphatic rings. The van der Waals surface area contributed by atoms with Gasteiger partial charge in [-0.05, 0) is 38.0 Å². The van der Waals surface area contributed by atoms with E-state index in [1.807, 2.05) is 13.8 Å². The van der Waals surface area contributed by atoms with E-state index in [0.717, 1.165) is 12.8 Å². The second kappa shape index (κ2) is 11.0. The van der Waals surface area contributed by atoms with E-state index >= 15 is 0 Å². The number of alkyl halides is 4. The number of hydrogen-bond acceptors (Lipinski definition) is 10. The van der Waals surface area contributed by atoms with Crippen LogP contribution in [-0.2, 0) is 48.2 Å². The highest BCUT2D eigenvalue weighted by Gasteiger charge is 2.70. The number of esters is 4. The maximum absolute atomic E-state index is 13.5. The number of halogens is 4. The third kappa shape index (κ3) is 5.65. The molecule has 0 aromatic heterocycles. The van der Waals surface area contributed by atoms with E-state index in [9.17, 15) is 45.2 Å². The Morgan fingerprint density at radius 1 is 1.07 bits per heavy atom. The van der Waals surface area contributed by atoms with Gasteiger partial charge in [0.2, 0.25) is 0 Å². The predicted octanol–water partition coefficient (Wildman–Crippen LogP) is 3.05. The molecule has 0 radical (unpaired) electrons. The molecule has 2 bridgehead atoms. The fraction of sp³-hybridized carbons (Fsp3) is 0.840. The van der Waals surface area contributed by atoms with E-state index in [-0.39, 0.29) is 11.8 Å². The minimum absolute atomic E-state index is 0.0645. The Balaban J connectivity index is 1.30. The molecule has 4 fully saturated rings. The summed E-state index contributed by atoms with van der Waals surface area (Å²) in [6.45, 7) is 2.61. The van der Waals surface area contributed by atoms with E-state index < -0.39 is 107 Å². The van der Waals surface area contributed by atoms with E-state index in [1.54, 1.807) is 0 Å². The maximum atomic E-state index is 13.5. The van der Waals surface area contributed by atoms with Crippen molar-refractivity contribution in [3.05, 3.63) is 0 Å². The first-order valence-electron chi connectivity index (χ1n) is 13.4. The maximum Gasteiger partial charge on any atom is 0.431 e. The van der Waals surface area contributed by atoms with Crippen LogP contribution in [0.15, 0.2) is 0 Å². The molecule has 6 unspecified atom stereocenters. The molecule has 1 aliphatic heterocycles. The molecule has 1 saturated heterocycles. The molecule has 3 saturated carbocycles. The minimum atomic E-state index is -6.42. The van der Waals surface area contributed by atoms with Crippen molar-refractivity contribution >= 4 is 34.0 Å². The Hall–Kier alpha value is -2.49. The first-order valence-corrected chi connectivity index (χ1v) is 14.9. The highest BCUT2D eigenvalue weighted by molar-refractivity contribution is 7.87. The van der Waals surface area contributed by atoms with Crippen LogP contribution in [0.1, 0.15) is 65.2 Å².